The molecule has 0 aliphatic rings. The molecule has 0 aliphatic heterocycles. The lowest BCUT2D eigenvalue weighted by Crippen LogP contribution is -2.03. The maximum absolute atomic E-state index is 11.9. The van der Waals surface area contributed by atoms with Crippen molar-refractivity contribution in [2.75, 3.05) is 7.11 Å². The molecule has 3 aromatic rings. The van der Waals surface area contributed by atoms with Gasteiger partial charge in [-0.1, -0.05) is 17.7 Å². The summed E-state index contributed by atoms with van der Waals surface area (Å²) in [5, 5.41) is 9.35. The number of carboxylic acids is 1. The number of hydrogen-bond acceptors (Lipinski definition) is 4. The Kier molecular flexibility index (Phi) is 6.08. The van der Waals surface area contributed by atoms with E-state index in [9.17, 15) is 14.7 Å². The van der Waals surface area contributed by atoms with Crippen molar-refractivity contribution in [3.63, 3.8) is 0 Å². The molecule has 2 aromatic carbocycles. The van der Waals surface area contributed by atoms with Crippen molar-refractivity contribution in [3.8, 4) is 5.69 Å². The van der Waals surface area contributed by atoms with Gasteiger partial charge in [0.05, 0.1) is 28.9 Å². The predicted molar refractivity (Wildman–Crippen MR) is 117 cm³/mol. The molecule has 0 atom stereocenters. The molecule has 0 bridgehead atoms. The Morgan fingerprint density at radius 3 is 2.47 bits per heavy atom. The zero-order valence-electron chi connectivity index (χ0n) is 17.1. The number of esters is 1. The highest BCUT2D eigenvalue weighted by Gasteiger charge is 2.14. The van der Waals surface area contributed by atoms with Crippen molar-refractivity contribution in [1.82, 2.24) is 4.57 Å². The Morgan fingerprint density at radius 2 is 1.83 bits per heavy atom. The van der Waals surface area contributed by atoms with E-state index in [1.807, 2.05) is 37.5 Å². The number of benzene rings is 2. The molecule has 0 aliphatic carbocycles. The Morgan fingerprint density at radius 1 is 1.10 bits per heavy atom. The van der Waals surface area contributed by atoms with Gasteiger partial charge in [-0.25, -0.2) is 9.59 Å². The summed E-state index contributed by atoms with van der Waals surface area (Å²) in [6.07, 6.45) is 1.75. The van der Waals surface area contributed by atoms with E-state index in [0.717, 1.165) is 28.2 Å². The molecule has 0 radical (unpaired) electrons. The fourth-order valence-corrected chi connectivity index (χ4v) is 3.62. The van der Waals surface area contributed by atoms with Gasteiger partial charge in [0, 0.05) is 28.9 Å². The van der Waals surface area contributed by atoms with E-state index < -0.39 is 11.9 Å². The van der Waals surface area contributed by atoms with Crippen LogP contribution in [0.5, 0.6) is 0 Å². The Labute approximate surface area is 179 Å². The van der Waals surface area contributed by atoms with E-state index in [1.165, 1.54) is 13.2 Å². The van der Waals surface area contributed by atoms with E-state index in [0.29, 0.717) is 11.3 Å². The topological polar surface area (TPSA) is 80.9 Å². The summed E-state index contributed by atoms with van der Waals surface area (Å²) in [6.45, 7) is 5.73. The number of carbonyl (C=O) groups excluding carboxylic acids is 1. The van der Waals surface area contributed by atoms with Crippen molar-refractivity contribution in [2.24, 2.45) is 4.99 Å². The second kappa shape index (κ2) is 8.55. The van der Waals surface area contributed by atoms with Crippen LogP contribution in [-0.2, 0) is 4.74 Å². The van der Waals surface area contributed by atoms with Crippen molar-refractivity contribution >= 4 is 35.4 Å². The van der Waals surface area contributed by atoms with Gasteiger partial charge in [0.25, 0.3) is 0 Å². The Hall–Kier alpha value is -3.38. The molecule has 7 heteroatoms. The van der Waals surface area contributed by atoms with Gasteiger partial charge in [-0.2, -0.15) is 0 Å². The van der Waals surface area contributed by atoms with Crippen LogP contribution in [0.15, 0.2) is 47.5 Å². The second-order valence-electron chi connectivity index (χ2n) is 6.83. The normalized spacial score (nSPS) is 11.1. The largest absolute Gasteiger partial charge is 0.478 e. The number of hydrogen-bond donors (Lipinski definition) is 1. The monoisotopic (exact) mass is 424 g/mol. The highest BCUT2D eigenvalue weighted by Crippen LogP contribution is 2.26. The van der Waals surface area contributed by atoms with Crippen LogP contribution in [0.2, 0.25) is 5.02 Å². The summed E-state index contributed by atoms with van der Waals surface area (Å²) in [5.41, 5.74) is 5.50. The summed E-state index contributed by atoms with van der Waals surface area (Å²) in [7, 11) is 1.35. The number of aryl methyl sites for hydroxylation is 1. The lowest BCUT2D eigenvalue weighted by atomic mass is 10.1. The number of halogens is 1. The van der Waals surface area contributed by atoms with E-state index in [1.54, 1.807) is 30.5 Å². The minimum atomic E-state index is -1.06. The Bertz CT molecular complexity index is 1180. The minimum absolute atomic E-state index is 0.0608. The molecule has 0 unspecified atom stereocenters. The number of carbonyl (C=O) groups is 2. The molecular formula is C23H21ClN2O4. The van der Waals surface area contributed by atoms with Crippen LogP contribution in [0.4, 0.5) is 5.69 Å². The van der Waals surface area contributed by atoms with E-state index in [2.05, 4.69) is 4.99 Å². The van der Waals surface area contributed by atoms with Crippen LogP contribution >= 0.6 is 11.6 Å². The van der Waals surface area contributed by atoms with Gasteiger partial charge in [0.15, 0.2) is 0 Å². The average Bonchev–Trinajstić information content (AvgIpc) is 2.99. The first-order valence-corrected chi connectivity index (χ1v) is 9.56. The molecule has 1 N–H and O–H groups in total. The number of ether oxygens (including phenoxy) is 1. The molecular weight excluding hydrogens is 404 g/mol. The van der Waals surface area contributed by atoms with Crippen LogP contribution < -0.4 is 0 Å². The van der Waals surface area contributed by atoms with Gasteiger partial charge >= 0.3 is 11.9 Å². The van der Waals surface area contributed by atoms with Crippen LogP contribution in [-0.4, -0.2) is 34.9 Å². The fraction of sp³-hybridized carbons (Fsp3) is 0.174. The molecule has 0 saturated heterocycles. The predicted octanol–water partition coefficient (Wildman–Crippen LogP) is 5.29. The molecule has 1 heterocycles. The lowest BCUT2D eigenvalue weighted by molar-refractivity contribution is 0.0599. The molecule has 0 saturated carbocycles. The zero-order chi connectivity index (χ0) is 22.0. The number of aromatic carboxylic acids is 1. The summed E-state index contributed by atoms with van der Waals surface area (Å²) in [4.78, 5) is 27.7. The van der Waals surface area contributed by atoms with E-state index in [4.69, 9.17) is 16.3 Å². The van der Waals surface area contributed by atoms with Crippen LogP contribution in [0.3, 0.4) is 0 Å². The molecule has 154 valence electrons. The van der Waals surface area contributed by atoms with Gasteiger partial charge < -0.3 is 14.4 Å². The van der Waals surface area contributed by atoms with Gasteiger partial charge in [0.1, 0.15) is 0 Å². The number of carboxylic acid groups (broad SMARTS) is 1. The third kappa shape index (κ3) is 4.00. The molecule has 0 fully saturated rings. The number of methoxy groups -OCH3 is 1. The first-order chi connectivity index (χ1) is 14.2. The maximum Gasteiger partial charge on any atom is 0.338 e. The van der Waals surface area contributed by atoms with Gasteiger partial charge in [0.2, 0.25) is 0 Å². The van der Waals surface area contributed by atoms with Crippen molar-refractivity contribution in [3.05, 3.63) is 81.1 Å². The van der Waals surface area contributed by atoms with E-state index in [-0.39, 0.29) is 10.6 Å². The Balaban J connectivity index is 1.98. The molecule has 30 heavy (non-hydrogen) atoms. The summed E-state index contributed by atoms with van der Waals surface area (Å²) >= 11 is 6.14. The van der Waals surface area contributed by atoms with Crippen LogP contribution in [0.25, 0.3) is 5.69 Å². The van der Waals surface area contributed by atoms with Gasteiger partial charge in [-0.05, 0) is 62.7 Å². The first kappa shape index (κ1) is 21.3. The van der Waals surface area contributed by atoms with Crippen LogP contribution in [0, 0.1) is 20.8 Å². The zero-order valence-corrected chi connectivity index (χ0v) is 17.8. The lowest BCUT2D eigenvalue weighted by Gasteiger charge is -2.11. The number of aliphatic imine (C=N–C) groups is 1. The number of nitrogens with zero attached hydrogens (tertiary/aromatic N) is 2. The summed E-state index contributed by atoms with van der Waals surface area (Å²) < 4.78 is 6.80. The highest BCUT2D eigenvalue weighted by molar-refractivity contribution is 6.33. The summed E-state index contributed by atoms with van der Waals surface area (Å²) in [6, 6.07) is 12.1. The molecule has 6 nitrogen and oxygen atoms in total. The standard InChI is InChI=1S/C23H21ClN2O4/c1-13-10-16(12-25-21-7-5-6-18(14(21)2)23(29)30-4)15(3)26(13)17-8-9-19(22(27)28)20(24)11-17/h5-12H,1-4H3,(H,27,28). The fourth-order valence-electron chi connectivity index (χ4n) is 3.37. The van der Waals surface area contributed by atoms with Crippen molar-refractivity contribution < 1.29 is 19.4 Å². The van der Waals surface area contributed by atoms with Gasteiger partial charge in [-0.3, -0.25) is 4.99 Å². The van der Waals surface area contributed by atoms with E-state index >= 15 is 0 Å². The third-order valence-corrected chi connectivity index (χ3v) is 5.28. The third-order valence-electron chi connectivity index (χ3n) is 4.96. The number of rotatable bonds is 5. The van der Waals surface area contributed by atoms with Crippen LogP contribution in [0.1, 0.15) is 43.2 Å². The minimum Gasteiger partial charge on any atom is -0.478 e. The number of aromatic nitrogens is 1. The molecule has 1 aromatic heterocycles. The maximum atomic E-state index is 11.9. The second-order valence-corrected chi connectivity index (χ2v) is 7.24. The van der Waals surface area contributed by atoms with Crippen molar-refractivity contribution in [2.45, 2.75) is 20.8 Å². The SMILES string of the molecule is COC(=O)c1cccc(N=Cc2cc(C)n(-c3ccc(C(=O)O)c(Cl)c3)c2C)c1C. The van der Waals surface area contributed by atoms with Gasteiger partial charge in [-0.15, -0.1) is 0 Å². The molecule has 3 rings (SSSR count). The average molecular weight is 425 g/mol. The first-order valence-electron chi connectivity index (χ1n) is 9.18. The summed E-state index contributed by atoms with van der Waals surface area (Å²) in [5.74, 6) is -1.46. The smallest absolute Gasteiger partial charge is 0.338 e. The molecule has 0 spiro atoms. The molecule has 0 amide bonds. The quantitative estimate of drug-likeness (QED) is 0.445. The van der Waals surface area contributed by atoms with Crippen molar-refractivity contribution in [1.29, 1.82) is 0 Å². The highest BCUT2D eigenvalue weighted by atomic mass is 35.5.